The van der Waals surface area contributed by atoms with Crippen LogP contribution in [0.3, 0.4) is 0 Å². The second-order valence-electron chi connectivity index (χ2n) is 13.4. The van der Waals surface area contributed by atoms with Gasteiger partial charge in [-0.3, -0.25) is 0 Å². The highest BCUT2D eigenvalue weighted by atomic mass is 15.1. The Balaban J connectivity index is 1.26. The number of para-hydroxylation sites is 2. The molecule has 0 saturated heterocycles. The van der Waals surface area contributed by atoms with Crippen molar-refractivity contribution in [3.05, 3.63) is 206 Å². The summed E-state index contributed by atoms with van der Waals surface area (Å²) in [6.07, 6.45) is 0. The fourth-order valence-electron chi connectivity index (χ4n) is 7.97. The maximum atomic E-state index is 2.47. The van der Waals surface area contributed by atoms with Crippen LogP contribution in [0.1, 0.15) is 0 Å². The van der Waals surface area contributed by atoms with Gasteiger partial charge in [0.25, 0.3) is 0 Å². The van der Waals surface area contributed by atoms with Crippen LogP contribution in [0, 0.1) is 0 Å². The van der Waals surface area contributed by atoms with Gasteiger partial charge in [-0.2, -0.15) is 0 Å². The molecule has 244 valence electrons. The zero-order chi connectivity index (χ0) is 34.4. The fourth-order valence-corrected chi connectivity index (χ4v) is 7.97. The molecule has 1 aromatic heterocycles. The van der Waals surface area contributed by atoms with Crippen LogP contribution in [-0.2, 0) is 0 Å². The smallest absolute Gasteiger partial charge is 0.0562 e. The molecule has 0 atom stereocenters. The number of hydrogen-bond acceptors (Lipinski definition) is 1. The van der Waals surface area contributed by atoms with E-state index in [1.165, 1.54) is 60.1 Å². The minimum atomic E-state index is 1.10. The molecule has 0 aliphatic carbocycles. The number of fused-ring (bicyclic) bond motifs is 5. The van der Waals surface area contributed by atoms with E-state index in [1.807, 2.05) is 0 Å². The Morgan fingerprint density at radius 2 is 0.885 bits per heavy atom. The molecule has 0 fully saturated rings. The van der Waals surface area contributed by atoms with Crippen LogP contribution >= 0.6 is 0 Å². The molecule has 2 nitrogen and oxygen atoms in total. The summed E-state index contributed by atoms with van der Waals surface area (Å²) in [5, 5.41) is 7.34. The van der Waals surface area contributed by atoms with Gasteiger partial charge in [-0.25, -0.2) is 0 Å². The molecule has 10 rings (SSSR count). The lowest BCUT2D eigenvalue weighted by Crippen LogP contribution is -2.10. The van der Waals surface area contributed by atoms with Crippen molar-refractivity contribution in [2.24, 2.45) is 0 Å². The average Bonchev–Trinajstić information content (AvgIpc) is 3.55. The van der Waals surface area contributed by atoms with Crippen LogP contribution in [0.5, 0.6) is 0 Å². The van der Waals surface area contributed by atoms with Gasteiger partial charge in [0.1, 0.15) is 0 Å². The molecule has 0 bridgehead atoms. The van der Waals surface area contributed by atoms with Gasteiger partial charge in [-0.05, 0) is 81.4 Å². The molecule has 2 heteroatoms. The number of benzene rings is 9. The Morgan fingerprint density at radius 1 is 0.327 bits per heavy atom. The van der Waals surface area contributed by atoms with Crippen molar-refractivity contribution in [2.75, 3.05) is 4.90 Å². The molecule has 0 amide bonds. The maximum absolute atomic E-state index is 2.47. The number of anilines is 3. The van der Waals surface area contributed by atoms with E-state index in [0.717, 1.165) is 28.3 Å². The van der Waals surface area contributed by atoms with Gasteiger partial charge in [-0.1, -0.05) is 158 Å². The highest BCUT2D eigenvalue weighted by Crippen LogP contribution is 2.45. The monoisotopic (exact) mass is 662 g/mol. The number of rotatable bonds is 6. The zero-order valence-corrected chi connectivity index (χ0v) is 28.5. The first-order chi connectivity index (χ1) is 25.8. The summed E-state index contributed by atoms with van der Waals surface area (Å²) in [7, 11) is 0. The first kappa shape index (κ1) is 30.0. The molecule has 0 N–H and O–H groups in total. The van der Waals surface area contributed by atoms with E-state index in [0.29, 0.717) is 0 Å². The van der Waals surface area contributed by atoms with Gasteiger partial charge in [0, 0.05) is 33.1 Å². The Bertz CT molecular complexity index is 2890. The van der Waals surface area contributed by atoms with Crippen molar-refractivity contribution in [2.45, 2.75) is 0 Å². The molecule has 1 heterocycles. The van der Waals surface area contributed by atoms with E-state index in [2.05, 4.69) is 216 Å². The van der Waals surface area contributed by atoms with Gasteiger partial charge >= 0.3 is 0 Å². The molecule has 52 heavy (non-hydrogen) atoms. The van der Waals surface area contributed by atoms with Gasteiger partial charge in [0.15, 0.2) is 0 Å². The Kier molecular flexibility index (Phi) is 7.18. The minimum absolute atomic E-state index is 1.10. The quantitative estimate of drug-likeness (QED) is 0.172. The normalized spacial score (nSPS) is 11.5. The standard InChI is InChI=1S/C50H34N2/c1-4-16-35(17-5-1)41-30-31-48(43-25-13-12-24-42(41)43)51(39-22-8-3-9-23-39)40-28-29-45-44-26-14-15-27-47(44)52(50(45)34-40)49-33-38-21-11-10-20-37(38)32-46(49)36-18-6-2-7-19-36/h1-34H. The van der Waals surface area contributed by atoms with Crippen LogP contribution in [0.25, 0.3) is 71.3 Å². The van der Waals surface area contributed by atoms with E-state index < -0.39 is 0 Å². The van der Waals surface area contributed by atoms with E-state index in [4.69, 9.17) is 0 Å². The summed E-state index contributed by atoms with van der Waals surface area (Å²) >= 11 is 0. The van der Waals surface area contributed by atoms with E-state index >= 15 is 0 Å². The number of nitrogens with zero attached hydrogens (tertiary/aromatic N) is 2. The van der Waals surface area contributed by atoms with Gasteiger partial charge in [0.2, 0.25) is 0 Å². The van der Waals surface area contributed by atoms with Crippen LogP contribution in [-0.4, -0.2) is 4.57 Å². The van der Waals surface area contributed by atoms with Crippen LogP contribution < -0.4 is 4.90 Å². The predicted octanol–water partition coefficient (Wildman–Crippen LogP) is 13.9. The Morgan fingerprint density at radius 3 is 1.62 bits per heavy atom. The van der Waals surface area contributed by atoms with E-state index in [1.54, 1.807) is 0 Å². The third-order valence-corrected chi connectivity index (χ3v) is 10.3. The molecule has 0 aliphatic heterocycles. The highest BCUT2D eigenvalue weighted by molar-refractivity contribution is 6.12. The molecule has 0 radical (unpaired) electrons. The molecule has 10 aromatic rings. The molecular formula is C50H34N2. The first-order valence-corrected chi connectivity index (χ1v) is 17.9. The molecule has 0 aliphatic rings. The zero-order valence-electron chi connectivity index (χ0n) is 28.5. The van der Waals surface area contributed by atoms with Crippen molar-refractivity contribution < 1.29 is 0 Å². The topological polar surface area (TPSA) is 8.17 Å². The second-order valence-corrected chi connectivity index (χ2v) is 13.4. The van der Waals surface area contributed by atoms with Crippen LogP contribution in [0.2, 0.25) is 0 Å². The highest BCUT2D eigenvalue weighted by Gasteiger charge is 2.21. The summed E-state index contributed by atoms with van der Waals surface area (Å²) in [5.41, 5.74) is 11.7. The first-order valence-electron chi connectivity index (χ1n) is 17.9. The Hall–Kier alpha value is -6.90. The maximum Gasteiger partial charge on any atom is 0.0562 e. The average molecular weight is 663 g/mol. The molecular weight excluding hydrogens is 629 g/mol. The fraction of sp³-hybridized carbons (Fsp3) is 0. The molecule has 0 spiro atoms. The van der Waals surface area contributed by atoms with Crippen LogP contribution in [0.4, 0.5) is 17.1 Å². The third-order valence-electron chi connectivity index (χ3n) is 10.3. The van der Waals surface area contributed by atoms with Crippen molar-refractivity contribution >= 4 is 60.4 Å². The molecule has 9 aromatic carbocycles. The molecule has 0 unspecified atom stereocenters. The Labute approximate surface area is 303 Å². The SMILES string of the molecule is c1ccc(-c2cc3ccccc3cc2-n2c3ccccc3c3ccc(N(c4ccccc4)c4ccc(-c5ccccc5)c5ccccc45)cc32)cc1. The van der Waals surface area contributed by atoms with Gasteiger partial charge in [0.05, 0.1) is 22.4 Å². The number of hydrogen-bond donors (Lipinski definition) is 0. The van der Waals surface area contributed by atoms with Crippen molar-refractivity contribution in [3.63, 3.8) is 0 Å². The van der Waals surface area contributed by atoms with Crippen molar-refractivity contribution in [1.29, 1.82) is 0 Å². The van der Waals surface area contributed by atoms with Crippen molar-refractivity contribution in [1.82, 2.24) is 4.57 Å². The lowest BCUT2D eigenvalue weighted by atomic mass is 9.96. The summed E-state index contributed by atoms with van der Waals surface area (Å²) in [6.45, 7) is 0. The predicted molar refractivity (Wildman–Crippen MR) is 221 cm³/mol. The third kappa shape index (κ3) is 4.96. The van der Waals surface area contributed by atoms with Gasteiger partial charge < -0.3 is 9.47 Å². The van der Waals surface area contributed by atoms with Crippen LogP contribution in [0.15, 0.2) is 206 Å². The number of aromatic nitrogens is 1. The summed E-state index contributed by atoms with van der Waals surface area (Å²) in [6, 6.07) is 74.7. The minimum Gasteiger partial charge on any atom is -0.310 e. The van der Waals surface area contributed by atoms with Crippen molar-refractivity contribution in [3.8, 4) is 27.9 Å². The summed E-state index contributed by atoms with van der Waals surface area (Å²) in [5.74, 6) is 0. The van der Waals surface area contributed by atoms with E-state index in [9.17, 15) is 0 Å². The second kappa shape index (κ2) is 12.5. The lowest BCUT2D eigenvalue weighted by Gasteiger charge is -2.28. The molecule has 0 saturated carbocycles. The van der Waals surface area contributed by atoms with E-state index in [-0.39, 0.29) is 0 Å². The summed E-state index contributed by atoms with van der Waals surface area (Å²) < 4.78 is 2.47. The largest absolute Gasteiger partial charge is 0.310 e. The van der Waals surface area contributed by atoms with Gasteiger partial charge in [-0.15, -0.1) is 0 Å². The summed E-state index contributed by atoms with van der Waals surface area (Å²) in [4.78, 5) is 2.41. The lowest BCUT2D eigenvalue weighted by molar-refractivity contribution is 1.18.